The van der Waals surface area contributed by atoms with Crippen molar-refractivity contribution in [3.05, 3.63) is 52.0 Å². The Hall–Kier alpha value is -1.42. The lowest BCUT2D eigenvalue weighted by molar-refractivity contribution is 0.276. The predicted molar refractivity (Wildman–Crippen MR) is 73.3 cm³/mol. The highest BCUT2D eigenvalue weighted by Crippen LogP contribution is 2.35. The molecule has 0 atom stereocenters. The van der Waals surface area contributed by atoms with Crippen molar-refractivity contribution in [2.75, 3.05) is 5.73 Å². The Balaban J connectivity index is 2.37. The molecule has 0 aliphatic rings. The predicted octanol–water partition coefficient (Wildman–Crippen LogP) is 3.86. The van der Waals surface area contributed by atoms with Gasteiger partial charge in [0.25, 0.3) is 0 Å². The Morgan fingerprint density at radius 1 is 1.06 bits per heavy atom. The molecule has 3 nitrogen and oxygen atoms in total. The highest BCUT2D eigenvalue weighted by Gasteiger charge is 2.09. The van der Waals surface area contributed by atoms with E-state index in [4.69, 9.17) is 33.7 Å². The molecule has 0 saturated heterocycles. The van der Waals surface area contributed by atoms with Crippen LogP contribution in [0.15, 0.2) is 36.4 Å². The molecule has 0 aliphatic heterocycles. The second kappa shape index (κ2) is 5.48. The lowest BCUT2D eigenvalue weighted by Gasteiger charge is -2.12. The third-order valence-electron chi connectivity index (χ3n) is 2.42. The van der Waals surface area contributed by atoms with Crippen LogP contribution in [0.1, 0.15) is 5.56 Å². The number of ether oxygens (including phenoxy) is 1. The van der Waals surface area contributed by atoms with Crippen molar-refractivity contribution >= 4 is 28.9 Å². The van der Waals surface area contributed by atoms with Crippen molar-refractivity contribution in [2.24, 2.45) is 0 Å². The van der Waals surface area contributed by atoms with Crippen molar-refractivity contribution in [1.82, 2.24) is 0 Å². The van der Waals surface area contributed by atoms with Crippen LogP contribution >= 0.6 is 23.2 Å². The number of rotatable bonds is 3. The van der Waals surface area contributed by atoms with E-state index in [1.807, 2.05) is 12.1 Å². The first-order valence-corrected chi connectivity index (χ1v) is 5.98. The van der Waals surface area contributed by atoms with Crippen LogP contribution in [0, 0.1) is 0 Å². The maximum absolute atomic E-state index is 9.21. The summed E-state index contributed by atoms with van der Waals surface area (Å²) >= 11 is 11.7. The molecular weight excluding hydrogens is 273 g/mol. The molecule has 0 bridgehead atoms. The van der Waals surface area contributed by atoms with E-state index in [2.05, 4.69) is 0 Å². The average Bonchev–Trinajstić information content (AvgIpc) is 2.36. The van der Waals surface area contributed by atoms with Gasteiger partial charge in [0.2, 0.25) is 0 Å². The molecule has 0 heterocycles. The zero-order valence-electron chi connectivity index (χ0n) is 9.36. The Morgan fingerprint density at radius 2 is 1.72 bits per heavy atom. The van der Waals surface area contributed by atoms with Gasteiger partial charge < -0.3 is 15.6 Å². The molecule has 0 aliphatic carbocycles. The van der Waals surface area contributed by atoms with E-state index in [0.29, 0.717) is 32.8 Å². The van der Waals surface area contributed by atoms with Gasteiger partial charge >= 0.3 is 0 Å². The fourth-order valence-corrected chi connectivity index (χ4v) is 1.81. The quantitative estimate of drug-likeness (QED) is 0.841. The fourth-order valence-electron chi connectivity index (χ4n) is 1.48. The number of benzene rings is 2. The normalized spacial score (nSPS) is 10.4. The van der Waals surface area contributed by atoms with Crippen LogP contribution in [-0.4, -0.2) is 5.11 Å². The molecule has 0 amide bonds. The molecule has 0 fully saturated rings. The van der Waals surface area contributed by atoms with Crippen LogP contribution in [0.4, 0.5) is 5.69 Å². The average molecular weight is 284 g/mol. The molecule has 18 heavy (non-hydrogen) atoms. The lowest BCUT2D eigenvalue weighted by atomic mass is 10.2. The Labute approximate surface area is 115 Å². The van der Waals surface area contributed by atoms with Gasteiger partial charge in [-0.05, 0) is 12.1 Å². The van der Waals surface area contributed by atoms with E-state index in [-0.39, 0.29) is 6.61 Å². The van der Waals surface area contributed by atoms with E-state index in [9.17, 15) is 5.11 Å². The summed E-state index contributed by atoms with van der Waals surface area (Å²) in [6, 6.07) is 10.2. The largest absolute Gasteiger partial charge is 0.455 e. The molecule has 2 aromatic rings. The number of nitrogen functional groups attached to an aromatic ring is 1. The molecule has 0 radical (unpaired) electrons. The molecule has 94 valence electrons. The first-order valence-electron chi connectivity index (χ1n) is 5.23. The zero-order chi connectivity index (χ0) is 13.1. The van der Waals surface area contributed by atoms with Crippen LogP contribution in [0.3, 0.4) is 0 Å². The molecule has 3 N–H and O–H groups in total. The number of anilines is 1. The number of aliphatic hydroxyl groups excluding tert-OH is 1. The smallest absolute Gasteiger partial charge is 0.151 e. The van der Waals surface area contributed by atoms with Gasteiger partial charge in [0, 0.05) is 11.6 Å². The van der Waals surface area contributed by atoms with Crippen LogP contribution in [-0.2, 0) is 6.61 Å². The highest BCUT2D eigenvalue weighted by atomic mass is 35.5. The minimum absolute atomic E-state index is 0.114. The number of hydrogen-bond acceptors (Lipinski definition) is 3. The van der Waals surface area contributed by atoms with E-state index < -0.39 is 0 Å². The summed E-state index contributed by atoms with van der Waals surface area (Å²) < 4.78 is 5.64. The monoisotopic (exact) mass is 283 g/mol. The zero-order valence-corrected chi connectivity index (χ0v) is 10.9. The van der Waals surface area contributed by atoms with Crippen LogP contribution in [0.2, 0.25) is 10.0 Å². The second-order valence-electron chi connectivity index (χ2n) is 3.67. The molecule has 0 saturated carbocycles. The van der Waals surface area contributed by atoms with Crippen LogP contribution in [0.5, 0.6) is 11.5 Å². The van der Waals surface area contributed by atoms with Crippen molar-refractivity contribution in [2.45, 2.75) is 6.61 Å². The van der Waals surface area contributed by atoms with E-state index in [0.717, 1.165) is 0 Å². The van der Waals surface area contributed by atoms with E-state index in [1.54, 1.807) is 18.2 Å². The molecule has 2 rings (SSSR count). The van der Waals surface area contributed by atoms with Gasteiger partial charge in [0.05, 0.1) is 22.3 Å². The van der Waals surface area contributed by atoms with Gasteiger partial charge in [-0.25, -0.2) is 0 Å². The fraction of sp³-hybridized carbons (Fsp3) is 0.0769. The molecule has 2 aromatic carbocycles. The van der Waals surface area contributed by atoms with E-state index >= 15 is 0 Å². The summed E-state index contributed by atoms with van der Waals surface area (Å²) in [5.74, 6) is 0.940. The summed E-state index contributed by atoms with van der Waals surface area (Å²) in [4.78, 5) is 0. The van der Waals surface area contributed by atoms with Gasteiger partial charge in [0.15, 0.2) is 5.75 Å². The van der Waals surface area contributed by atoms with Crippen molar-refractivity contribution in [3.63, 3.8) is 0 Å². The lowest BCUT2D eigenvalue weighted by Crippen LogP contribution is -1.95. The third-order valence-corrected chi connectivity index (χ3v) is 3.14. The summed E-state index contributed by atoms with van der Waals surface area (Å²) in [5.41, 5.74) is 6.85. The molecular formula is C13H11Cl2NO2. The maximum Gasteiger partial charge on any atom is 0.151 e. The van der Waals surface area contributed by atoms with Crippen molar-refractivity contribution in [3.8, 4) is 11.5 Å². The van der Waals surface area contributed by atoms with Gasteiger partial charge in [0.1, 0.15) is 5.75 Å². The first-order chi connectivity index (χ1) is 8.61. The summed E-state index contributed by atoms with van der Waals surface area (Å²) in [7, 11) is 0. The maximum atomic E-state index is 9.21. The number of aliphatic hydroxyl groups is 1. The van der Waals surface area contributed by atoms with Crippen molar-refractivity contribution < 1.29 is 9.84 Å². The molecule has 0 unspecified atom stereocenters. The van der Waals surface area contributed by atoms with Crippen LogP contribution < -0.4 is 10.5 Å². The summed E-state index contributed by atoms with van der Waals surface area (Å²) in [5, 5.41) is 9.94. The highest BCUT2D eigenvalue weighted by molar-refractivity contribution is 6.42. The first kappa shape index (κ1) is 13.0. The Kier molecular flexibility index (Phi) is 3.97. The number of hydrogen-bond donors (Lipinski definition) is 2. The summed E-state index contributed by atoms with van der Waals surface area (Å²) in [6.45, 7) is -0.114. The molecule has 5 heteroatoms. The minimum Gasteiger partial charge on any atom is -0.455 e. The Morgan fingerprint density at radius 3 is 2.44 bits per heavy atom. The topological polar surface area (TPSA) is 55.5 Å². The number of para-hydroxylation sites is 1. The van der Waals surface area contributed by atoms with Gasteiger partial charge in [-0.1, -0.05) is 41.4 Å². The number of halogens is 2. The van der Waals surface area contributed by atoms with Gasteiger partial charge in [-0.15, -0.1) is 0 Å². The SMILES string of the molecule is Nc1cc(Cl)c(Cl)cc1Oc1ccccc1CO. The standard InChI is InChI=1S/C13H11Cl2NO2/c14-9-5-11(16)13(6-10(9)15)18-12-4-2-1-3-8(12)7-17/h1-6,17H,7,16H2. The molecule has 0 aromatic heterocycles. The Bertz CT molecular complexity index is 573. The van der Waals surface area contributed by atoms with Crippen molar-refractivity contribution in [1.29, 1.82) is 0 Å². The number of nitrogens with two attached hydrogens (primary N) is 1. The van der Waals surface area contributed by atoms with Gasteiger partial charge in [-0.2, -0.15) is 0 Å². The third kappa shape index (κ3) is 2.70. The van der Waals surface area contributed by atoms with Gasteiger partial charge in [-0.3, -0.25) is 0 Å². The van der Waals surface area contributed by atoms with Crippen LogP contribution in [0.25, 0.3) is 0 Å². The van der Waals surface area contributed by atoms with E-state index in [1.165, 1.54) is 6.07 Å². The second-order valence-corrected chi connectivity index (χ2v) is 4.49. The molecule has 0 spiro atoms. The summed E-state index contributed by atoms with van der Waals surface area (Å²) in [6.07, 6.45) is 0. The minimum atomic E-state index is -0.114.